The molecule has 1 heterocycles. The first-order valence-electron chi connectivity index (χ1n) is 9.74. The Bertz CT molecular complexity index is 1030. The number of sulfonamides is 1. The molecule has 1 saturated heterocycles. The van der Waals surface area contributed by atoms with Gasteiger partial charge in [-0.3, -0.25) is 0 Å². The monoisotopic (exact) mass is 517 g/mol. The van der Waals surface area contributed by atoms with Crippen LogP contribution in [0.5, 0.6) is 0 Å². The molecule has 1 atom stereocenters. The van der Waals surface area contributed by atoms with Crippen molar-refractivity contribution in [3.05, 3.63) is 102 Å². The second kappa shape index (κ2) is 8.20. The first-order chi connectivity index (χ1) is 13.9. The molecule has 0 aromatic heterocycles. The SMILES string of the molecule is Cc1ccc(S(=O)(=O)N2CC(I)CC(c3ccccc3)(c3ccccc3)C2)cc1. The van der Waals surface area contributed by atoms with Gasteiger partial charge in [0.2, 0.25) is 10.0 Å². The molecule has 29 heavy (non-hydrogen) atoms. The van der Waals surface area contributed by atoms with Gasteiger partial charge in [0, 0.05) is 22.4 Å². The minimum absolute atomic E-state index is 0.210. The number of aryl methyl sites for hydroxylation is 1. The van der Waals surface area contributed by atoms with Gasteiger partial charge in [0.1, 0.15) is 0 Å². The molecule has 3 aromatic rings. The zero-order valence-electron chi connectivity index (χ0n) is 16.3. The fourth-order valence-electron chi connectivity index (χ4n) is 4.24. The Balaban J connectivity index is 1.82. The Labute approximate surface area is 187 Å². The first kappa shape index (κ1) is 20.6. The predicted octanol–water partition coefficient (Wildman–Crippen LogP) is 5.18. The summed E-state index contributed by atoms with van der Waals surface area (Å²) in [4.78, 5) is 0.364. The minimum atomic E-state index is -3.57. The molecule has 1 unspecified atom stereocenters. The van der Waals surface area contributed by atoms with Gasteiger partial charge < -0.3 is 0 Å². The summed E-state index contributed by atoms with van der Waals surface area (Å²) in [5.74, 6) is 0. The van der Waals surface area contributed by atoms with Crippen LogP contribution in [0.2, 0.25) is 0 Å². The van der Waals surface area contributed by atoms with E-state index in [0.717, 1.165) is 23.1 Å². The molecule has 0 N–H and O–H groups in total. The lowest BCUT2D eigenvalue weighted by Gasteiger charge is -2.45. The van der Waals surface area contributed by atoms with Crippen molar-refractivity contribution in [3.63, 3.8) is 0 Å². The van der Waals surface area contributed by atoms with Crippen LogP contribution in [0.25, 0.3) is 0 Å². The summed E-state index contributed by atoms with van der Waals surface area (Å²) in [5, 5.41) is 0. The van der Waals surface area contributed by atoms with E-state index in [1.54, 1.807) is 16.4 Å². The highest BCUT2D eigenvalue weighted by Crippen LogP contribution is 2.43. The molecular formula is C24H24INO2S. The standard InChI is InChI=1S/C24H24INO2S/c1-19-12-14-23(15-13-19)29(27,28)26-17-22(25)16-24(18-26,20-8-4-2-5-9-20)21-10-6-3-7-11-21/h2-15,22H,16-18H2,1H3. The molecular weight excluding hydrogens is 493 g/mol. The number of hydrogen-bond donors (Lipinski definition) is 0. The van der Waals surface area contributed by atoms with Crippen molar-refractivity contribution >= 4 is 32.6 Å². The number of rotatable bonds is 4. The number of nitrogens with zero attached hydrogens (tertiary/aromatic N) is 1. The summed E-state index contributed by atoms with van der Waals surface area (Å²) in [7, 11) is -3.57. The van der Waals surface area contributed by atoms with E-state index in [2.05, 4.69) is 46.9 Å². The number of benzene rings is 3. The van der Waals surface area contributed by atoms with E-state index in [-0.39, 0.29) is 9.34 Å². The lowest BCUT2D eigenvalue weighted by atomic mass is 9.70. The molecule has 1 fully saturated rings. The molecule has 3 aromatic carbocycles. The molecule has 150 valence electrons. The van der Waals surface area contributed by atoms with Crippen molar-refractivity contribution in [2.45, 2.75) is 27.6 Å². The molecule has 1 aliphatic rings. The van der Waals surface area contributed by atoms with E-state index in [4.69, 9.17) is 0 Å². The van der Waals surface area contributed by atoms with Gasteiger partial charge in [0.15, 0.2) is 0 Å². The summed E-state index contributed by atoms with van der Waals surface area (Å²) >= 11 is 2.41. The fourth-order valence-corrected chi connectivity index (χ4v) is 7.27. The highest BCUT2D eigenvalue weighted by Gasteiger charge is 2.45. The Morgan fingerprint density at radius 3 is 1.90 bits per heavy atom. The molecule has 0 aliphatic carbocycles. The van der Waals surface area contributed by atoms with Gasteiger partial charge in [-0.15, -0.1) is 0 Å². The van der Waals surface area contributed by atoms with Crippen LogP contribution < -0.4 is 0 Å². The van der Waals surface area contributed by atoms with E-state index in [0.29, 0.717) is 18.0 Å². The maximum atomic E-state index is 13.5. The third-order valence-electron chi connectivity index (χ3n) is 5.73. The summed E-state index contributed by atoms with van der Waals surface area (Å²) in [6, 6.07) is 27.8. The third-order valence-corrected chi connectivity index (χ3v) is 8.39. The van der Waals surface area contributed by atoms with Gasteiger partial charge >= 0.3 is 0 Å². The van der Waals surface area contributed by atoms with Crippen LogP contribution in [0.4, 0.5) is 0 Å². The molecule has 0 radical (unpaired) electrons. The topological polar surface area (TPSA) is 37.4 Å². The van der Waals surface area contributed by atoms with Crippen LogP contribution in [0.15, 0.2) is 89.8 Å². The average Bonchev–Trinajstić information content (AvgIpc) is 2.75. The lowest BCUT2D eigenvalue weighted by molar-refractivity contribution is 0.269. The van der Waals surface area contributed by atoms with Crippen LogP contribution in [0.3, 0.4) is 0 Å². The van der Waals surface area contributed by atoms with Gasteiger partial charge in [-0.05, 0) is 36.6 Å². The largest absolute Gasteiger partial charge is 0.243 e. The number of halogens is 1. The summed E-state index contributed by atoms with van der Waals surface area (Å²) < 4.78 is 28.9. The molecule has 0 saturated carbocycles. The maximum Gasteiger partial charge on any atom is 0.243 e. The van der Waals surface area contributed by atoms with Gasteiger partial charge in [0.25, 0.3) is 0 Å². The second-order valence-corrected chi connectivity index (χ2v) is 11.4. The van der Waals surface area contributed by atoms with Crippen molar-refractivity contribution in [1.82, 2.24) is 4.31 Å². The lowest BCUT2D eigenvalue weighted by Crippen LogP contribution is -2.52. The van der Waals surface area contributed by atoms with Crippen molar-refractivity contribution in [1.29, 1.82) is 0 Å². The zero-order chi connectivity index (χ0) is 20.5. The van der Waals surface area contributed by atoms with Crippen molar-refractivity contribution in [2.24, 2.45) is 0 Å². The first-order valence-corrected chi connectivity index (χ1v) is 12.4. The Kier molecular flexibility index (Phi) is 5.82. The Hall–Kier alpha value is -1.70. The quantitative estimate of drug-likeness (QED) is 0.354. The summed E-state index contributed by atoms with van der Waals surface area (Å²) in [6.07, 6.45) is 0.904. The van der Waals surface area contributed by atoms with E-state index in [9.17, 15) is 8.42 Å². The predicted molar refractivity (Wildman–Crippen MR) is 126 cm³/mol. The summed E-state index contributed by atoms with van der Waals surface area (Å²) in [6.45, 7) is 2.93. The normalized spacial score (nSPS) is 19.7. The van der Waals surface area contributed by atoms with Crippen LogP contribution in [0, 0.1) is 6.92 Å². The van der Waals surface area contributed by atoms with E-state index in [1.807, 2.05) is 55.5 Å². The molecule has 0 bridgehead atoms. The minimum Gasteiger partial charge on any atom is -0.207 e. The van der Waals surface area contributed by atoms with Gasteiger partial charge in [-0.2, -0.15) is 4.31 Å². The van der Waals surface area contributed by atoms with Crippen LogP contribution in [-0.2, 0) is 15.4 Å². The van der Waals surface area contributed by atoms with Crippen LogP contribution in [-0.4, -0.2) is 29.7 Å². The molecule has 1 aliphatic heterocycles. The molecule has 4 rings (SSSR count). The van der Waals surface area contributed by atoms with E-state index < -0.39 is 10.0 Å². The highest BCUT2D eigenvalue weighted by atomic mass is 127. The Morgan fingerprint density at radius 1 is 0.862 bits per heavy atom. The molecule has 0 amide bonds. The molecule has 3 nitrogen and oxygen atoms in total. The fraction of sp³-hybridized carbons (Fsp3) is 0.250. The van der Waals surface area contributed by atoms with Crippen molar-refractivity contribution < 1.29 is 8.42 Å². The van der Waals surface area contributed by atoms with Crippen molar-refractivity contribution in [3.8, 4) is 0 Å². The zero-order valence-corrected chi connectivity index (χ0v) is 19.3. The van der Waals surface area contributed by atoms with Gasteiger partial charge in [-0.1, -0.05) is 101 Å². The summed E-state index contributed by atoms with van der Waals surface area (Å²) in [5.41, 5.74) is 3.01. The smallest absolute Gasteiger partial charge is 0.207 e. The second-order valence-electron chi connectivity index (χ2n) is 7.73. The van der Waals surface area contributed by atoms with Crippen LogP contribution >= 0.6 is 22.6 Å². The number of hydrogen-bond acceptors (Lipinski definition) is 2. The van der Waals surface area contributed by atoms with Gasteiger partial charge in [0.05, 0.1) is 4.90 Å². The van der Waals surface area contributed by atoms with Crippen LogP contribution in [0.1, 0.15) is 23.1 Å². The van der Waals surface area contributed by atoms with E-state index in [1.165, 1.54) is 0 Å². The Morgan fingerprint density at radius 2 is 1.38 bits per heavy atom. The average molecular weight is 517 g/mol. The number of alkyl halides is 1. The van der Waals surface area contributed by atoms with Crippen molar-refractivity contribution in [2.75, 3.05) is 13.1 Å². The van der Waals surface area contributed by atoms with E-state index >= 15 is 0 Å². The third kappa shape index (κ3) is 4.00. The highest BCUT2D eigenvalue weighted by molar-refractivity contribution is 14.1. The van der Waals surface area contributed by atoms with Gasteiger partial charge in [-0.25, -0.2) is 8.42 Å². The maximum absolute atomic E-state index is 13.5. The molecule has 5 heteroatoms. The molecule has 0 spiro atoms. The number of piperidine rings is 1.